The number of piperidine rings is 1. The highest BCUT2D eigenvalue weighted by molar-refractivity contribution is 7.07. The average molecular weight is 443 g/mol. The van der Waals surface area contributed by atoms with Crippen LogP contribution in [0.5, 0.6) is 0 Å². The summed E-state index contributed by atoms with van der Waals surface area (Å²) in [4.78, 5) is 18.0. The number of benzene rings is 1. The molecule has 164 valence electrons. The average Bonchev–Trinajstić information content (AvgIpc) is 3.33. The number of amides is 1. The molecule has 2 heterocycles. The molecule has 0 N–H and O–H groups in total. The number of carbonyl (C=O) groups excluding carboxylic acids is 1. The van der Waals surface area contributed by atoms with Gasteiger partial charge in [0.05, 0.1) is 17.8 Å². The molecule has 0 bridgehead atoms. The lowest BCUT2D eigenvalue weighted by Crippen LogP contribution is -2.39. The fraction of sp³-hybridized carbons (Fsp3) is 0.417. The number of nitrogens with zero attached hydrogens (tertiary/aromatic N) is 2. The number of thiazole rings is 1. The van der Waals surface area contributed by atoms with Crippen LogP contribution >= 0.6 is 11.3 Å². The van der Waals surface area contributed by atoms with E-state index in [4.69, 9.17) is 9.47 Å². The maximum absolute atomic E-state index is 15.0. The third-order valence-electron chi connectivity index (χ3n) is 5.79. The molecular weight excluding hydrogens is 415 g/mol. The molecule has 1 aliphatic heterocycles. The lowest BCUT2D eigenvalue weighted by atomic mass is 9.94. The molecule has 1 atom stereocenters. The Morgan fingerprint density at radius 3 is 2.74 bits per heavy atom. The molecular formula is C24H27FN2O3S. The number of likely N-dealkylation sites (tertiary alicyclic amines) is 1. The second kappa shape index (κ2) is 10.2. The molecule has 0 spiro atoms. The summed E-state index contributed by atoms with van der Waals surface area (Å²) in [6.45, 7) is 1.89. The van der Waals surface area contributed by atoms with E-state index in [9.17, 15) is 9.18 Å². The molecule has 1 aliphatic carbocycles. The third kappa shape index (κ3) is 6.02. The zero-order valence-electron chi connectivity index (χ0n) is 17.4. The second-order valence-electron chi connectivity index (χ2n) is 7.95. The van der Waals surface area contributed by atoms with Crippen molar-refractivity contribution in [1.82, 2.24) is 9.88 Å². The lowest BCUT2D eigenvalue weighted by molar-refractivity contribution is -0.108. The van der Waals surface area contributed by atoms with E-state index in [0.29, 0.717) is 25.6 Å². The quantitative estimate of drug-likeness (QED) is 0.559. The molecule has 5 nitrogen and oxygen atoms in total. The van der Waals surface area contributed by atoms with Crippen LogP contribution in [0.2, 0.25) is 0 Å². The van der Waals surface area contributed by atoms with Crippen molar-refractivity contribution in [3.8, 4) is 0 Å². The minimum Gasteiger partial charge on any atom is -0.443 e. The monoisotopic (exact) mass is 442 g/mol. The fourth-order valence-corrected chi connectivity index (χ4v) is 4.43. The van der Waals surface area contributed by atoms with Crippen LogP contribution in [0, 0.1) is 5.92 Å². The van der Waals surface area contributed by atoms with Crippen molar-refractivity contribution in [1.29, 1.82) is 0 Å². The number of hydrogen-bond acceptors (Lipinski definition) is 5. The van der Waals surface area contributed by atoms with Gasteiger partial charge in [-0.15, -0.1) is 11.3 Å². The van der Waals surface area contributed by atoms with Crippen molar-refractivity contribution < 1.29 is 18.7 Å². The summed E-state index contributed by atoms with van der Waals surface area (Å²) < 4.78 is 25.9. The molecule has 1 aromatic carbocycles. The zero-order valence-corrected chi connectivity index (χ0v) is 18.2. The number of aromatic nitrogens is 1. The first-order valence-electron chi connectivity index (χ1n) is 10.7. The number of rotatable bonds is 7. The summed E-state index contributed by atoms with van der Waals surface area (Å²) in [6, 6.07) is 9.95. The fourth-order valence-electron chi connectivity index (χ4n) is 3.89. The molecule has 31 heavy (non-hydrogen) atoms. The number of ether oxygens (including phenoxy) is 2. The molecule has 0 saturated carbocycles. The molecule has 4 rings (SSSR count). The highest BCUT2D eigenvalue weighted by Crippen LogP contribution is 2.31. The van der Waals surface area contributed by atoms with Gasteiger partial charge in [0.15, 0.2) is 0 Å². The Hall–Kier alpha value is -2.51. The summed E-state index contributed by atoms with van der Waals surface area (Å²) in [5, 5.41) is 1.87. The first-order valence-corrected chi connectivity index (χ1v) is 11.6. The smallest absolute Gasteiger partial charge is 0.410 e. The summed E-state index contributed by atoms with van der Waals surface area (Å²) in [5.74, 6) is -1.31. The topological polar surface area (TPSA) is 51.7 Å². The number of carbonyl (C=O) groups is 1. The van der Waals surface area contributed by atoms with Gasteiger partial charge in [-0.1, -0.05) is 42.5 Å². The predicted octanol–water partition coefficient (Wildman–Crippen LogP) is 5.61. The van der Waals surface area contributed by atoms with Gasteiger partial charge < -0.3 is 14.4 Å². The first kappa shape index (κ1) is 21.7. The van der Waals surface area contributed by atoms with E-state index in [1.807, 2.05) is 41.8 Å². The Morgan fingerprint density at radius 1 is 1.26 bits per heavy atom. The van der Waals surface area contributed by atoms with E-state index < -0.39 is 5.85 Å². The van der Waals surface area contributed by atoms with Gasteiger partial charge in [-0.05, 0) is 42.4 Å². The third-order valence-corrected chi connectivity index (χ3v) is 6.42. The molecule has 1 amide bonds. The largest absolute Gasteiger partial charge is 0.443 e. The molecule has 7 heteroatoms. The van der Waals surface area contributed by atoms with Gasteiger partial charge in [-0.2, -0.15) is 0 Å². The van der Waals surface area contributed by atoms with Gasteiger partial charge in [0.1, 0.15) is 6.61 Å². The van der Waals surface area contributed by atoms with Gasteiger partial charge >= 0.3 is 6.09 Å². The highest BCUT2D eigenvalue weighted by atomic mass is 32.1. The molecule has 1 aromatic heterocycles. The van der Waals surface area contributed by atoms with Gasteiger partial charge in [0.2, 0.25) is 5.85 Å². The van der Waals surface area contributed by atoms with Crippen LogP contribution in [-0.2, 0) is 16.1 Å². The first-order chi connectivity index (χ1) is 15.1. The Labute approximate surface area is 186 Å². The number of halogens is 1. The Bertz CT molecular complexity index is 908. The van der Waals surface area contributed by atoms with E-state index >= 15 is 0 Å². The minimum absolute atomic E-state index is 0.211. The van der Waals surface area contributed by atoms with Crippen LogP contribution in [0.3, 0.4) is 0 Å². The van der Waals surface area contributed by atoms with E-state index in [2.05, 4.69) is 4.98 Å². The Morgan fingerprint density at radius 2 is 2.06 bits per heavy atom. The van der Waals surface area contributed by atoms with Gasteiger partial charge in [-0.25, -0.2) is 14.2 Å². The van der Waals surface area contributed by atoms with E-state index in [0.717, 1.165) is 36.1 Å². The summed E-state index contributed by atoms with van der Waals surface area (Å²) >= 11 is 1.48. The van der Waals surface area contributed by atoms with Crippen molar-refractivity contribution >= 4 is 23.0 Å². The second-order valence-corrected chi connectivity index (χ2v) is 8.67. The standard InChI is InChI=1S/C24H27FN2O3S/c25-24(11-6-21(7-12-24)20-4-2-1-3-5-20)30-15-10-19-8-13-27(14-9-19)23(28)29-16-22-17-31-18-26-22/h1-7,11,17-19H,8-10,12-16H2. The van der Waals surface area contributed by atoms with Crippen LogP contribution in [-0.4, -0.2) is 41.5 Å². The van der Waals surface area contributed by atoms with Crippen molar-refractivity contribution in [2.75, 3.05) is 19.7 Å². The molecule has 1 saturated heterocycles. The van der Waals surface area contributed by atoms with Crippen molar-refractivity contribution in [3.63, 3.8) is 0 Å². The molecule has 2 aliphatic rings. The predicted molar refractivity (Wildman–Crippen MR) is 119 cm³/mol. The van der Waals surface area contributed by atoms with Crippen LogP contribution in [0.4, 0.5) is 9.18 Å². The lowest BCUT2D eigenvalue weighted by Gasteiger charge is -2.32. The number of alkyl halides is 1. The molecule has 0 radical (unpaired) electrons. The van der Waals surface area contributed by atoms with E-state index in [-0.39, 0.29) is 19.1 Å². The van der Waals surface area contributed by atoms with E-state index in [1.54, 1.807) is 16.5 Å². The maximum Gasteiger partial charge on any atom is 0.410 e. The normalized spacial score (nSPS) is 21.7. The molecule has 1 fully saturated rings. The summed E-state index contributed by atoms with van der Waals surface area (Å²) in [6.07, 6.45) is 7.69. The van der Waals surface area contributed by atoms with Gasteiger partial charge in [-0.3, -0.25) is 0 Å². The number of allylic oxidation sites excluding steroid dienone is 2. The van der Waals surface area contributed by atoms with E-state index in [1.165, 1.54) is 17.4 Å². The van der Waals surface area contributed by atoms with Crippen LogP contribution < -0.4 is 0 Å². The minimum atomic E-state index is -1.74. The SMILES string of the molecule is O=C(OCc1cscn1)N1CCC(CCOC2(F)C=CC(c3ccccc3)=CC2)CC1. The van der Waals surface area contributed by atoms with Crippen LogP contribution in [0.15, 0.2) is 59.5 Å². The molecule has 2 aromatic rings. The Balaban J connectivity index is 1.15. The maximum atomic E-state index is 15.0. The van der Waals surface area contributed by atoms with Crippen molar-refractivity contribution in [2.45, 2.75) is 38.1 Å². The highest BCUT2D eigenvalue weighted by Gasteiger charge is 2.30. The summed E-state index contributed by atoms with van der Waals surface area (Å²) in [7, 11) is 0. The molecule has 1 unspecified atom stereocenters. The van der Waals surface area contributed by atoms with Gasteiger partial charge in [0, 0.05) is 24.9 Å². The van der Waals surface area contributed by atoms with Crippen molar-refractivity contribution in [3.05, 3.63) is 70.7 Å². The van der Waals surface area contributed by atoms with Crippen LogP contribution in [0.25, 0.3) is 5.57 Å². The van der Waals surface area contributed by atoms with Crippen LogP contribution in [0.1, 0.15) is 36.9 Å². The number of hydrogen-bond donors (Lipinski definition) is 0. The Kier molecular flexibility index (Phi) is 7.14. The van der Waals surface area contributed by atoms with Crippen molar-refractivity contribution in [2.24, 2.45) is 5.92 Å². The van der Waals surface area contributed by atoms with Gasteiger partial charge in [0.25, 0.3) is 0 Å². The zero-order chi connectivity index (χ0) is 21.5. The summed E-state index contributed by atoms with van der Waals surface area (Å²) in [5.41, 5.74) is 4.59.